The molecule has 4 heteroatoms. The molecule has 0 aromatic carbocycles. The number of carbonyl (C=O) groups is 2. The maximum absolute atomic E-state index is 12.0. The van der Waals surface area contributed by atoms with Crippen molar-refractivity contribution in [2.24, 2.45) is 23.7 Å². The topological polar surface area (TPSA) is 52.6 Å². The summed E-state index contributed by atoms with van der Waals surface area (Å²) in [5.41, 5.74) is 1.68. The molecule has 0 N–H and O–H groups in total. The molecule has 116 valence electrons. The molecule has 0 radical (unpaired) electrons. The Kier molecular flexibility index (Phi) is 4.86. The molecule has 2 saturated carbocycles. The summed E-state index contributed by atoms with van der Waals surface area (Å²) in [4.78, 5) is 24.1. The van der Waals surface area contributed by atoms with E-state index in [2.05, 4.69) is 13.2 Å². The predicted octanol–water partition coefficient (Wildman–Crippen LogP) is 2.89. The molecule has 0 heterocycles. The number of rotatable bonds is 6. The Morgan fingerprint density at radius 3 is 1.52 bits per heavy atom. The molecule has 0 saturated heterocycles. The second-order valence-corrected chi connectivity index (χ2v) is 6.57. The van der Waals surface area contributed by atoms with Crippen LogP contribution in [0.4, 0.5) is 0 Å². The summed E-state index contributed by atoms with van der Waals surface area (Å²) in [6.45, 7) is 11.7. The second-order valence-electron chi connectivity index (χ2n) is 6.57. The van der Waals surface area contributed by atoms with E-state index >= 15 is 0 Å². The van der Waals surface area contributed by atoms with E-state index < -0.39 is 0 Å². The summed E-state index contributed by atoms with van der Waals surface area (Å²) >= 11 is 0. The zero-order valence-electron chi connectivity index (χ0n) is 12.9. The molecule has 4 nitrogen and oxygen atoms in total. The van der Waals surface area contributed by atoms with E-state index in [1.807, 2.05) is 13.8 Å². The average molecular weight is 292 g/mol. The van der Waals surface area contributed by atoms with Crippen LogP contribution in [0.25, 0.3) is 0 Å². The van der Waals surface area contributed by atoms with Crippen LogP contribution in [0.3, 0.4) is 0 Å². The number of carbonyl (C=O) groups excluding carboxylic acids is 2. The normalized spacial score (nSPS) is 30.0. The largest absolute Gasteiger partial charge is 0.461 e. The summed E-state index contributed by atoms with van der Waals surface area (Å²) in [5, 5.41) is 0. The van der Waals surface area contributed by atoms with Crippen LogP contribution in [0.15, 0.2) is 24.3 Å². The van der Waals surface area contributed by atoms with Crippen LogP contribution in [-0.4, -0.2) is 25.2 Å². The maximum atomic E-state index is 12.0. The molecule has 2 bridgehead atoms. The molecule has 4 atom stereocenters. The molecule has 0 amide bonds. The van der Waals surface area contributed by atoms with Gasteiger partial charge in [-0.15, -0.1) is 0 Å². The lowest BCUT2D eigenvalue weighted by molar-refractivity contribution is -0.154. The van der Waals surface area contributed by atoms with E-state index in [1.54, 1.807) is 0 Å². The van der Waals surface area contributed by atoms with Crippen molar-refractivity contribution in [2.45, 2.75) is 33.1 Å². The molecule has 2 rings (SSSR count). The number of fused-ring (bicyclic) bond motifs is 2. The van der Waals surface area contributed by atoms with Gasteiger partial charge in [-0.25, -0.2) is 0 Å². The molecule has 0 aliphatic heterocycles. The van der Waals surface area contributed by atoms with Gasteiger partial charge in [-0.2, -0.15) is 0 Å². The number of hydrogen-bond acceptors (Lipinski definition) is 4. The Morgan fingerprint density at radius 2 is 1.24 bits per heavy atom. The van der Waals surface area contributed by atoms with Gasteiger partial charge in [-0.1, -0.05) is 13.2 Å². The minimum absolute atomic E-state index is 0.0560. The van der Waals surface area contributed by atoms with E-state index in [-0.39, 0.29) is 48.8 Å². The number of ether oxygens (including phenoxy) is 2. The fraction of sp³-hybridized carbons (Fsp3) is 0.647. The zero-order valence-corrected chi connectivity index (χ0v) is 12.9. The molecule has 0 aromatic rings. The summed E-state index contributed by atoms with van der Waals surface area (Å²) in [7, 11) is 0. The summed E-state index contributed by atoms with van der Waals surface area (Å²) in [6.07, 6.45) is 2.42. The van der Waals surface area contributed by atoms with E-state index in [0.717, 1.165) is 30.4 Å². The van der Waals surface area contributed by atoms with Crippen LogP contribution >= 0.6 is 0 Å². The molecule has 2 aliphatic rings. The van der Waals surface area contributed by atoms with Gasteiger partial charge in [0.05, 0.1) is 11.8 Å². The molecule has 21 heavy (non-hydrogen) atoms. The Hall–Kier alpha value is -1.58. The highest BCUT2D eigenvalue weighted by molar-refractivity contribution is 5.77. The fourth-order valence-corrected chi connectivity index (χ4v) is 3.46. The zero-order chi connectivity index (χ0) is 15.6. The van der Waals surface area contributed by atoms with Crippen molar-refractivity contribution in [2.75, 3.05) is 13.2 Å². The van der Waals surface area contributed by atoms with Crippen molar-refractivity contribution >= 4 is 11.9 Å². The van der Waals surface area contributed by atoms with Gasteiger partial charge in [-0.3, -0.25) is 9.59 Å². The standard InChI is InChI=1S/C17H24O4/c1-10(2)8-20-16(18)14-6-13-5-12(14)7-15(13)17(19)21-9-11(3)4/h12-15H,1,3,5-9H2,2,4H3. The lowest BCUT2D eigenvalue weighted by Crippen LogP contribution is -2.31. The Balaban J connectivity index is 1.84. The SMILES string of the molecule is C=C(C)COC(=O)C1CC2CC1CC2C(=O)OCC(=C)C. The molecular formula is C17H24O4. The van der Waals surface area contributed by atoms with Gasteiger partial charge < -0.3 is 9.47 Å². The minimum Gasteiger partial charge on any atom is -0.461 e. The summed E-state index contributed by atoms with van der Waals surface area (Å²) in [6, 6.07) is 0. The van der Waals surface area contributed by atoms with Crippen molar-refractivity contribution < 1.29 is 19.1 Å². The van der Waals surface area contributed by atoms with Crippen molar-refractivity contribution in [3.05, 3.63) is 24.3 Å². The summed E-state index contributed by atoms with van der Waals surface area (Å²) in [5.74, 6) is 0.127. The van der Waals surface area contributed by atoms with Gasteiger partial charge in [0.15, 0.2) is 0 Å². The first-order valence-corrected chi connectivity index (χ1v) is 7.50. The van der Waals surface area contributed by atoms with Gasteiger partial charge in [0.1, 0.15) is 13.2 Å². The van der Waals surface area contributed by atoms with Crippen molar-refractivity contribution in [3.63, 3.8) is 0 Å². The fourth-order valence-electron chi connectivity index (χ4n) is 3.46. The monoisotopic (exact) mass is 292 g/mol. The van der Waals surface area contributed by atoms with Gasteiger partial charge in [0.25, 0.3) is 0 Å². The number of esters is 2. The van der Waals surface area contributed by atoms with E-state index in [9.17, 15) is 9.59 Å². The molecule has 0 spiro atoms. The predicted molar refractivity (Wildman–Crippen MR) is 79.4 cm³/mol. The van der Waals surface area contributed by atoms with Crippen LogP contribution in [0.2, 0.25) is 0 Å². The third-order valence-electron chi connectivity index (χ3n) is 4.38. The van der Waals surface area contributed by atoms with Gasteiger partial charge in [0, 0.05) is 0 Å². The van der Waals surface area contributed by atoms with Gasteiger partial charge in [-0.05, 0) is 56.1 Å². The molecule has 4 unspecified atom stereocenters. The third-order valence-corrected chi connectivity index (χ3v) is 4.38. The Bertz CT molecular complexity index is 423. The molecule has 2 aliphatic carbocycles. The van der Waals surface area contributed by atoms with Crippen LogP contribution in [0.1, 0.15) is 33.1 Å². The maximum Gasteiger partial charge on any atom is 0.309 e. The van der Waals surface area contributed by atoms with Crippen LogP contribution in [-0.2, 0) is 19.1 Å². The molecule has 0 aromatic heterocycles. The van der Waals surface area contributed by atoms with E-state index in [1.165, 1.54) is 0 Å². The lowest BCUT2D eigenvalue weighted by atomic mass is 9.82. The van der Waals surface area contributed by atoms with Crippen LogP contribution < -0.4 is 0 Å². The smallest absolute Gasteiger partial charge is 0.309 e. The highest BCUT2D eigenvalue weighted by Gasteiger charge is 2.51. The summed E-state index contributed by atoms with van der Waals surface area (Å²) < 4.78 is 10.5. The van der Waals surface area contributed by atoms with Crippen molar-refractivity contribution in [1.82, 2.24) is 0 Å². The average Bonchev–Trinajstić information content (AvgIpc) is 3.01. The lowest BCUT2D eigenvalue weighted by Gasteiger charge is -2.25. The molecule has 2 fully saturated rings. The van der Waals surface area contributed by atoms with Crippen LogP contribution in [0, 0.1) is 23.7 Å². The third kappa shape index (κ3) is 3.74. The Labute approximate surface area is 126 Å². The highest BCUT2D eigenvalue weighted by Crippen LogP contribution is 2.52. The first kappa shape index (κ1) is 15.8. The van der Waals surface area contributed by atoms with Crippen molar-refractivity contribution in [1.29, 1.82) is 0 Å². The number of hydrogen-bond donors (Lipinski definition) is 0. The molecular weight excluding hydrogens is 268 g/mol. The minimum atomic E-state index is -0.140. The van der Waals surface area contributed by atoms with Crippen LogP contribution in [0.5, 0.6) is 0 Å². The van der Waals surface area contributed by atoms with Gasteiger partial charge in [0.2, 0.25) is 0 Å². The van der Waals surface area contributed by atoms with E-state index in [4.69, 9.17) is 9.47 Å². The first-order valence-electron chi connectivity index (χ1n) is 7.50. The van der Waals surface area contributed by atoms with Gasteiger partial charge >= 0.3 is 11.9 Å². The highest BCUT2D eigenvalue weighted by atomic mass is 16.5. The first-order chi connectivity index (χ1) is 9.88. The van der Waals surface area contributed by atoms with Crippen molar-refractivity contribution in [3.8, 4) is 0 Å². The van der Waals surface area contributed by atoms with E-state index in [0.29, 0.717) is 0 Å². The Morgan fingerprint density at radius 1 is 0.857 bits per heavy atom. The second kappa shape index (κ2) is 6.46. The quantitative estimate of drug-likeness (QED) is 0.558.